The highest BCUT2D eigenvalue weighted by molar-refractivity contribution is 5.85. The molecule has 0 bridgehead atoms. The Kier molecular flexibility index (Phi) is 27.9. The number of ketones is 2. The maximum atomic E-state index is 11.8. The normalized spacial score (nSPS) is 16.4. The van der Waals surface area contributed by atoms with E-state index in [2.05, 4.69) is 10.6 Å². The first-order chi connectivity index (χ1) is 21.7. The van der Waals surface area contributed by atoms with Gasteiger partial charge in [0.1, 0.15) is 36.6 Å². The number of aliphatic hydroxyl groups excluding tert-OH is 8. The summed E-state index contributed by atoms with van der Waals surface area (Å²) in [6, 6.07) is 0. The number of Topliss-reactive ketones (excluding diaryl/α,β-unsaturated/α-hetero) is 2. The van der Waals surface area contributed by atoms with Crippen molar-refractivity contribution in [3.63, 3.8) is 0 Å². The Morgan fingerprint density at radius 3 is 1.28 bits per heavy atom. The van der Waals surface area contributed by atoms with Gasteiger partial charge in [0.2, 0.25) is 0 Å². The molecule has 10 N–H and O–H groups in total. The van der Waals surface area contributed by atoms with Crippen molar-refractivity contribution in [3.8, 4) is 0 Å². The van der Waals surface area contributed by atoms with E-state index in [0.717, 1.165) is 19.3 Å². The molecule has 2 amide bonds. The van der Waals surface area contributed by atoms with Gasteiger partial charge in [-0.15, -0.1) is 0 Å². The maximum absolute atomic E-state index is 11.8. The lowest BCUT2D eigenvalue weighted by molar-refractivity contribution is -0.154. The number of rotatable bonds is 26. The first kappa shape index (κ1) is 46.0. The molecule has 0 heterocycles. The molecule has 16 heteroatoms. The van der Waals surface area contributed by atoms with Crippen LogP contribution in [0.3, 0.4) is 0 Å². The van der Waals surface area contributed by atoms with Crippen LogP contribution in [0.25, 0.3) is 0 Å². The minimum absolute atomic E-state index is 0.0499. The fourth-order valence-electron chi connectivity index (χ4n) is 3.63. The third kappa shape index (κ3) is 19.5. The van der Waals surface area contributed by atoms with Crippen molar-refractivity contribution in [3.05, 3.63) is 0 Å². The minimum Gasteiger partial charge on any atom is -0.387 e. The highest BCUT2D eigenvalue weighted by atomic mass is 16.5. The van der Waals surface area contributed by atoms with Crippen LogP contribution in [0.2, 0.25) is 0 Å². The Morgan fingerprint density at radius 1 is 0.478 bits per heavy atom. The average molecular weight is 671 g/mol. The lowest BCUT2D eigenvalue weighted by Gasteiger charge is -2.25. The molecule has 0 fully saturated rings. The number of hydrogen-bond acceptors (Lipinski definition) is 14. The lowest BCUT2D eigenvalue weighted by Crippen LogP contribution is -2.52. The second-order valence-electron chi connectivity index (χ2n) is 10.7. The Hall–Kier alpha value is -2.12. The number of hydrogen-bond donors (Lipinski definition) is 10. The molecule has 16 nitrogen and oxygen atoms in total. The van der Waals surface area contributed by atoms with Crippen LogP contribution < -0.4 is 10.6 Å². The van der Waals surface area contributed by atoms with E-state index in [4.69, 9.17) is 9.47 Å². The van der Waals surface area contributed by atoms with E-state index in [1.165, 1.54) is 0 Å². The van der Waals surface area contributed by atoms with Gasteiger partial charge < -0.3 is 61.0 Å². The van der Waals surface area contributed by atoms with E-state index in [9.17, 15) is 60.0 Å². The lowest BCUT2D eigenvalue weighted by atomic mass is 9.97. The predicted octanol–water partition coefficient (Wildman–Crippen LogP) is -2.54. The Balaban J connectivity index is 0. The summed E-state index contributed by atoms with van der Waals surface area (Å²) in [6.07, 6.45) is -11.4. The van der Waals surface area contributed by atoms with Gasteiger partial charge in [-0.25, -0.2) is 0 Å². The summed E-state index contributed by atoms with van der Waals surface area (Å²) in [7, 11) is 0. The van der Waals surface area contributed by atoms with E-state index in [0.29, 0.717) is 45.6 Å². The smallest absolute Gasteiger partial charge is 0.251 e. The van der Waals surface area contributed by atoms with Gasteiger partial charge in [-0.1, -0.05) is 34.1 Å². The number of carbonyl (C=O) groups excluding carboxylic acids is 4. The molecule has 0 aromatic rings. The maximum Gasteiger partial charge on any atom is 0.251 e. The molecule has 0 aromatic carbocycles. The summed E-state index contributed by atoms with van der Waals surface area (Å²) in [6.45, 7) is 9.70. The second-order valence-corrected chi connectivity index (χ2v) is 10.7. The van der Waals surface area contributed by atoms with Crippen LogP contribution in [0.15, 0.2) is 0 Å². The zero-order valence-electron chi connectivity index (χ0n) is 27.5. The number of aliphatic hydroxyl groups is 8. The summed E-state index contributed by atoms with van der Waals surface area (Å²) in [5, 5.41) is 82.3. The van der Waals surface area contributed by atoms with Crippen molar-refractivity contribution in [2.45, 2.75) is 128 Å². The van der Waals surface area contributed by atoms with Crippen LogP contribution >= 0.6 is 0 Å². The van der Waals surface area contributed by atoms with Crippen molar-refractivity contribution < 1.29 is 69.5 Å². The fraction of sp³-hybridized carbons (Fsp3) is 0.867. The monoisotopic (exact) mass is 670 g/mol. The molecular formula is C30H58N2O14. The average Bonchev–Trinajstić information content (AvgIpc) is 3.06. The van der Waals surface area contributed by atoms with Crippen LogP contribution in [0, 0.1) is 0 Å². The van der Waals surface area contributed by atoms with Gasteiger partial charge in [0.15, 0.2) is 23.8 Å². The first-order valence-electron chi connectivity index (χ1n) is 15.9. The molecule has 0 aromatic heterocycles. The standard InChI is InChI=1S/C17H33NO8.C13H25NO6/c1-3-8-25-10-5-6-12(19)13(20)14(21)15(22)16(23)17(24)18-7-11-26-9-4-2;1-3-5-6-8(15)9(16)10(17)11(18)12(19)13(20)14-7-4-2/h13-16,20-23H,3-11H2,1-2H3,(H,18,24);9-12,16-19H,3-7H2,1-2H3,(H,14,20)/t13-,14+,15+,16-;9-,10+,11+,12-/m00/s1. The van der Waals surface area contributed by atoms with Crippen molar-refractivity contribution in [2.75, 3.05) is 39.5 Å². The second kappa shape index (κ2) is 27.9. The summed E-state index contributed by atoms with van der Waals surface area (Å²) >= 11 is 0. The Morgan fingerprint density at radius 2 is 0.870 bits per heavy atom. The highest BCUT2D eigenvalue weighted by Crippen LogP contribution is 2.11. The zero-order valence-corrected chi connectivity index (χ0v) is 27.5. The van der Waals surface area contributed by atoms with Crippen LogP contribution in [0.4, 0.5) is 0 Å². The molecule has 0 aliphatic rings. The van der Waals surface area contributed by atoms with Gasteiger partial charge in [-0.05, 0) is 32.1 Å². The van der Waals surface area contributed by atoms with Crippen molar-refractivity contribution in [1.82, 2.24) is 10.6 Å². The van der Waals surface area contributed by atoms with Gasteiger partial charge in [0.05, 0.1) is 6.61 Å². The van der Waals surface area contributed by atoms with E-state index in [-0.39, 0.29) is 26.0 Å². The van der Waals surface area contributed by atoms with Crippen LogP contribution in [0.5, 0.6) is 0 Å². The molecular weight excluding hydrogens is 612 g/mol. The molecule has 0 radical (unpaired) electrons. The number of nitrogens with one attached hydrogen (secondary N) is 2. The van der Waals surface area contributed by atoms with Gasteiger partial charge in [-0.2, -0.15) is 0 Å². The van der Waals surface area contributed by atoms with Crippen LogP contribution in [-0.4, -0.2) is 153 Å². The highest BCUT2D eigenvalue weighted by Gasteiger charge is 2.38. The van der Waals surface area contributed by atoms with Gasteiger partial charge >= 0.3 is 0 Å². The molecule has 272 valence electrons. The van der Waals surface area contributed by atoms with Crippen LogP contribution in [-0.2, 0) is 28.7 Å². The topological polar surface area (TPSA) is 273 Å². The third-order valence-electron chi connectivity index (χ3n) is 6.47. The number of carbonyl (C=O) groups is 4. The summed E-state index contributed by atoms with van der Waals surface area (Å²) < 4.78 is 10.4. The molecule has 0 aliphatic carbocycles. The molecule has 0 aliphatic heterocycles. The van der Waals surface area contributed by atoms with Gasteiger partial charge in [-0.3, -0.25) is 19.2 Å². The molecule has 0 saturated heterocycles. The quantitative estimate of drug-likeness (QED) is 0.0425. The zero-order chi connectivity index (χ0) is 35.7. The molecule has 46 heavy (non-hydrogen) atoms. The Labute approximate surface area is 271 Å². The van der Waals surface area contributed by atoms with E-state index >= 15 is 0 Å². The van der Waals surface area contributed by atoms with Gasteiger partial charge in [0.25, 0.3) is 11.8 Å². The summed E-state index contributed by atoms with van der Waals surface area (Å²) in [4.78, 5) is 46.4. The molecule has 0 spiro atoms. The number of amides is 2. The molecule has 0 unspecified atom stereocenters. The van der Waals surface area contributed by atoms with Crippen molar-refractivity contribution in [2.24, 2.45) is 0 Å². The largest absolute Gasteiger partial charge is 0.387 e. The summed E-state index contributed by atoms with van der Waals surface area (Å²) in [5.74, 6) is -3.10. The predicted molar refractivity (Wildman–Crippen MR) is 165 cm³/mol. The minimum atomic E-state index is -2.00. The molecule has 0 rings (SSSR count). The number of ether oxygens (including phenoxy) is 2. The molecule has 0 saturated carbocycles. The third-order valence-corrected chi connectivity index (χ3v) is 6.47. The van der Waals surface area contributed by atoms with Crippen molar-refractivity contribution in [1.29, 1.82) is 0 Å². The Bertz CT molecular complexity index is 767. The van der Waals surface area contributed by atoms with Crippen molar-refractivity contribution >= 4 is 23.4 Å². The fourth-order valence-corrected chi connectivity index (χ4v) is 3.63. The van der Waals surface area contributed by atoms with E-state index < -0.39 is 72.2 Å². The van der Waals surface area contributed by atoms with E-state index in [1.807, 2.05) is 27.7 Å². The molecule has 8 atom stereocenters. The van der Waals surface area contributed by atoms with E-state index in [1.54, 1.807) is 0 Å². The van der Waals surface area contributed by atoms with Gasteiger partial charge in [0, 0.05) is 45.8 Å². The number of unbranched alkanes of at least 4 members (excludes halogenated alkanes) is 1. The SMILES string of the molecule is CCCCC(=O)[C@H](O)[C@@H](O)[C@@H](O)[C@H](O)C(=O)NCCC.CCCOCCCC(=O)[C@H](O)[C@@H](O)[C@@H](O)[C@H](O)C(=O)NCCOCCC. The van der Waals surface area contributed by atoms with Crippen LogP contribution in [0.1, 0.15) is 79.1 Å². The summed E-state index contributed by atoms with van der Waals surface area (Å²) in [5.41, 5.74) is 0. The first-order valence-corrected chi connectivity index (χ1v) is 15.9.